The summed E-state index contributed by atoms with van der Waals surface area (Å²) in [5, 5.41) is 4.92. The second kappa shape index (κ2) is 7.42. The first kappa shape index (κ1) is 18.7. The number of aryl methyl sites for hydroxylation is 1. The summed E-state index contributed by atoms with van der Waals surface area (Å²) in [6, 6.07) is 7.04. The Morgan fingerprint density at radius 1 is 1.21 bits per heavy atom. The summed E-state index contributed by atoms with van der Waals surface area (Å²) in [4.78, 5) is 29.1. The van der Waals surface area contributed by atoms with Crippen molar-refractivity contribution in [2.75, 3.05) is 20.5 Å². The van der Waals surface area contributed by atoms with Crippen LogP contribution in [-0.4, -0.2) is 47.2 Å². The molecule has 9 heteroatoms. The van der Waals surface area contributed by atoms with Gasteiger partial charge in [-0.1, -0.05) is 0 Å². The van der Waals surface area contributed by atoms with Crippen molar-refractivity contribution < 1.29 is 28.5 Å². The Hall–Kier alpha value is -3.62. The number of rotatable bonds is 5. The van der Waals surface area contributed by atoms with Gasteiger partial charge in [-0.3, -0.25) is 4.79 Å². The van der Waals surface area contributed by atoms with Crippen LogP contribution in [0.2, 0.25) is 0 Å². The highest BCUT2D eigenvalue weighted by molar-refractivity contribution is 6.05. The molecule has 1 aromatic carbocycles. The zero-order valence-corrected chi connectivity index (χ0v) is 16.2. The maximum absolute atomic E-state index is 12.5. The molecule has 2 aromatic heterocycles. The maximum atomic E-state index is 12.5. The van der Waals surface area contributed by atoms with Gasteiger partial charge >= 0.3 is 11.9 Å². The van der Waals surface area contributed by atoms with Crippen LogP contribution in [0.4, 0.5) is 0 Å². The molecule has 0 radical (unpaired) electrons. The molecule has 0 spiro atoms. The van der Waals surface area contributed by atoms with E-state index in [4.69, 9.17) is 18.9 Å². The molecule has 3 aromatic rings. The number of benzene rings is 1. The summed E-state index contributed by atoms with van der Waals surface area (Å²) in [5.74, 6) is 0.288. The van der Waals surface area contributed by atoms with Crippen molar-refractivity contribution in [3.63, 3.8) is 0 Å². The van der Waals surface area contributed by atoms with Crippen LogP contribution in [0.1, 0.15) is 23.0 Å². The molecular formula is C20H19N3O6. The number of nitrogens with zero attached hydrogens (tertiary/aromatic N) is 3. The smallest absolute Gasteiger partial charge is 0.338 e. The number of ether oxygens (including phenoxy) is 4. The number of esters is 2. The standard InChI is InChI=1S/C20H19N3O6/c1-4-27-17(24)9-23-19-18(11(2)22-23)13(20(25)26-3)8-14(21-19)12-5-6-15-16(7-12)29-10-28-15/h5-8H,4,9-10H2,1-3H3. The van der Waals surface area contributed by atoms with E-state index in [9.17, 15) is 9.59 Å². The average Bonchev–Trinajstić information content (AvgIpc) is 3.31. The van der Waals surface area contributed by atoms with E-state index >= 15 is 0 Å². The maximum Gasteiger partial charge on any atom is 0.338 e. The van der Waals surface area contributed by atoms with Gasteiger partial charge in [0.15, 0.2) is 17.1 Å². The van der Waals surface area contributed by atoms with Crippen LogP contribution in [0.25, 0.3) is 22.3 Å². The van der Waals surface area contributed by atoms with E-state index < -0.39 is 11.9 Å². The molecule has 0 atom stereocenters. The van der Waals surface area contributed by atoms with Crippen molar-refractivity contribution in [2.24, 2.45) is 0 Å². The van der Waals surface area contributed by atoms with Crippen LogP contribution >= 0.6 is 0 Å². The quantitative estimate of drug-likeness (QED) is 0.605. The predicted molar refractivity (Wildman–Crippen MR) is 102 cm³/mol. The van der Waals surface area contributed by atoms with Crippen molar-refractivity contribution in [3.05, 3.63) is 35.5 Å². The molecule has 0 unspecified atom stereocenters. The molecule has 0 aliphatic carbocycles. The van der Waals surface area contributed by atoms with E-state index in [1.165, 1.54) is 11.8 Å². The molecule has 0 N–H and O–H groups in total. The topological polar surface area (TPSA) is 102 Å². The summed E-state index contributed by atoms with van der Waals surface area (Å²) in [6.45, 7) is 3.79. The molecule has 0 amide bonds. The highest BCUT2D eigenvalue weighted by Crippen LogP contribution is 2.36. The molecule has 150 valence electrons. The third-order valence-corrected chi connectivity index (χ3v) is 4.54. The molecule has 1 aliphatic heterocycles. The van der Waals surface area contributed by atoms with Crippen LogP contribution in [0, 0.1) is 6.92 Å². The zero-order valence-electron chi connectivity index (χ0n) is 16.2. The van der Waals surface area contributed by atoms with Crippen molar-refractivity contribution in [1.29, 1.82) is 0 Å². The van der Waals surface area contributed by atoms with Crippen molar-refractivity contribution in [1.82, 2.24) is 14.8 Å². The van der Waals surface area contributed by atoms with Gasteiger partial charge in [0.1, 0.15) is 6.54 Å². The highest BCUT2D eigenvalue weighted by atomic mass is 16.7. The molecule has 3 heterocycles. The Morgan fingerprint density at radius 3 is 2.76 bits per heavy atom. The largest absolute Gasteiger partial charge is 0.465 e. The first-order valence-corrected chi connectivity index (χ1v) is 9.04. The summed E-state index contributed by atoms with van der Waals surface area (Å²) in [7, 11) is 1.31. The van der Waals surface area contributed by atoms with E-state index in [-0.39, 0.29) is 19.9 Å². The number of carbonyl (C=O) groups excluding carboxylic acids is 2. The van der Waals surface area contributed by atoms with Gasteiger partial charge in [-0.2, -0.15) is 5.10 Å². The van der Waals surface area contributed by atoms with Gasteiger partial charge in [0.05, 0.1) is 36.1 Å². The van der Waals surface area contributed by atoms with E-state index in [1.807, 2.05) is 6.07 Å². The average molecular weight is 397 g/mol. The Balaban J connectivity index is 1.89. The lowest BCUT2D eigenvalue weighted by atomic mass is 10.1. The van der Waals surface area contributed by atoms with Gasteiger partial charge in [-0.25, -0.2) is 14.5 Å². The van der Waals surface area contributed by atoms with Gasteiger partial charge < -0.3 is 18.9 Å². The van der Waals surface area contributed by atoms with Crippen LogP contribution in [-0.2, 0) is 20.8 Å². The summed E-state index contributed by atoms with van der Waals surface area (Å²) >= 11 is 0. The molecule has 29 heavy (non-hydrogen) atoms. The van der Waals surface area contributed by atoms with Crippen molar-refractivity contribution in [3.8, 4) is 22.8 Å². The van der Waals surface area contributed by atoms with Gasteiger partial charge in [-0.05, 0) is 38.1 Å². The van der Waals surface area contributed by atoms with Crippen LogP contribution in [0.5, 0.6) is 11.5 Å². The molecule has 1 aliphatic rings. The van der Waals surface area contributed by atoms with Gasteiger partial charge in [0.2, 0.25) is 6.79 Å². The lowest BCUT2D eigenvalue weighted by Gasteiger charge is -2.09. The van der Waals surface area contributed by atoms with Gasteiger partial charge in [-0.15, -0.1) is 0 Å². The number of hydrogen-bond donors (Lipinski definition) is 0. The normalized spacial score (nSPS) is 12.2. The lowest BCUT2D eigenvalue weighted by molar-refractivity contribution is -0.143. The molecule has 4 rings (SSSR count). The number of methoxy groups -OCH3 is 1. The fourth-order valence-corrected chi connectivity index (χ4v) is 3.27. The van der Waals surface area contributed by atoms with Crippen molar-refractivity contribution in [2.45, 2.75) is 20.4 Å². The van der Waals surface area contributed by atoms with Crippen LogP contribution in [0.15, 0.2) is 24.3 Å². The SMILES string of the molecule is CCOC(=O)Cn1nc(C)c2c(C(=O)OC)cc(-c3ccc4c(c3)OCO4)nc21. The Morgan fingerprint density at radius 2 is 2.00 bits per heavy atom. The fraction of sp³-hybridized carbons (Fsp3) is 0.300. The minimum absolute atomic E-state index is 0.115. The number of carbonyl (C=O) groups is 2. The van der Waals surface area contributed by atoms with Crippen LogP contribution < -0.4 is 9.47 Å². The summed E-state index contributed by atoms with van der Waals surface area (Å²) < 4.78 is 22.2. The van der Waals surface area contributed by atoms with Crippen LogP contribution in [0.3, 0.4) is 0 Å². The summed E-state index contributed by atoms with van der Waals surface area (Å²) in [6.07, 6.45) is 0. The van der Waals surface area contributed by atoms with E-state index in [1.54, 1.807) is 32.0 Å². The van der Waals surface area contributed by atoms with Crippen molar-refractivity contribution >= 4 is 23.0 Å². The number of hydrogen-bond acceptors (Lipinski definition) is 8. The van der Waals surface area contributed by atoms with E-state index in [0.29, 0.717) is 39.5 Å². The fourth-order valence-electron chi connectivity index (χ4n) is 3.27. The monoisotopic (exact) mass is 397 g/mol. The highest BCUT2D eigenvalue weighted by Gasteiger charge is 2.23. The molecule has 9 nitrogen and oxygen atoms in total. The second-order valence-corrected chi connectivity index (χ2v) is 6.36. The molecule has 0 bridgehead atoms. The minimum Gasteiger partial charge on any atom is -0.465 e. The second-order valence-electron chi connectivity index (χ2n) is 6.36. The Kier molecular flexibility index (Phi) is 4.79. The molecular weight excluding hydrogens is 378 g/mol. The number of fused-ring (bicyclic) bond motifs is 2. The lowest BCUT2D eigenvalue weighted by Crippen LogP contribution is -2.15. The third kappa shape index (κ3) is 3.35. The first-order chi connectivity index (χ1) is 14.0. The van der Waals surface area contributed by atoms with Gasteiger partial charge in [0, 0.05) is 5.56 Å². The predicted octanol–water partition coefficient (Wildman–Crippen LogP) is 2.49. The molecule has 0 saturated heterocycles. The zero-order chi connectivity index (χ0) is 20.5. The first-order valence-electron chi connectivity index (χ1n) is 9.04. The molecule has 0 saturated carbocycles. The molecule has 0 fully saturated rings. The number of aromatic nitrogens is 3. The van der Waals surface area contributed by atoms with E-state index in [0.717, 1.165) is 5.56 Å². The minimum atomic E-state index is -0.516. The number of pyridine rings is 1. The Labute approximate surface area is 166 Å². The Bertz CT molecular complexity index is 1120. The third-order valence-electron chi connectivity index (χ3n) is 4.54. The van der Waals surface area contributed by atoms with Gasteiger partial charge in [0.25, 0.3) is 0 Å². The summed E-state index contributed by atoms with van der Waals surface area (Å²) in [5.41, 5.74) is 2.52. The van der Waals surface area contributed by atoms with E-state index in [2.05, 4.69) is 10.1 Å².